The summed E-state index contributed by atoms with van der Waals surface area (Å²) in [6, 6.07) is 0. The molecule has 3 rings (SSSR count). The molecule has 0 radical (unpaired) electrons. The number of carbonyl (C=O) groups is 1. The van der Waals surface area contributed by atoms with Crippen LogP contribution in [0.15, 0.2) is 6.20 Å². The average Bonchev–Trinajstić information content (AvgIpc) is 2.90. The van der Waals surface area contributed by atoms with Crippen LogP contribution >= 0.6 is 0 Å². The van der Waals surface area contributed by atoms with Crippen LogP contribution in [0.25, 0.3) is 0 Å². The highest BCUT2D eigenvalue weighted by atomic mass is 32.2. The molecule has 0 spiro atoms. The number of nitrogens with zero attached hydrogens (tertiary/aromatic N) is 2. The molecule has 0 aliphatic carbocycles. The first-order valence-corrected chi connectivity index (χ1v) is 8.22. The van der Waals surface area contributed by atoms with E-state index >= 15 is 0 Å². The molecule has 0 amide bonds. The first kappa shape index (κ1) is 12.7. The molecule has 1 N–H and O–H groups in total. The summed E-state index contributed by atoms with van der Waals surface area (Å²) < 4.78 is 25.7. The summed E-state index contributed by atoms with van der Waals surface area (Å²) in [6.45, 7) is 0.721. The van der Waals surface area contributed by atoms with E-state index in [1.807, 2.05) is 4.57 Å². The monoisotopic (exact) mass is 284 g/mol. The number of sulfone groups is 1. The highest BCUT2D eigenvalue weighted by Gasteiger charge is 2.37. The lowest BCUT2D eigenvalue weighted by Gasteiger charge is -2.19. The van der Waals surface area contributed by atoms with Crippen LogP contribution in [0.1, 0.15) is 48.4 Å². The molecule has 1 saturated heterocycles. The van der Waals surface area contributed by atoms with Crippen molar-refractivity contribution < 1.29 is 18.3 Å². The van der Waals surface area contributed by atoms with Gasteiger partial charge in [0.15, 0.2) is 9.84 Å². The lowest BCUT2D eigenvalue weighted by atomic mass is 9.99. The standard InChI is InChI=1S/C12H16N2O4S/c15-12(16)8-3-1-5-14-7-9(13-11(8)14)10-4-2-6-19(10,17)18/h7-8,10H,1-6H2,(H,15,16). The molecule has 2 atom stereocenters. The molecule has 1 fully saturated rings. The van der Waals surface area contributed by atoms with Gasteiger partial charge in [0.25, 0.3) is 0 Å². The molecule has 1 aromatic rings. The third-order valence-electron chi connectivity index (χ3n) is 3.99. The third kappa shape index (κ3) is 2.05. The molecule has 2 aliphatic rings. The van der Waals surface area contributed by atoms with Crippen LogP contribution in [0.3, 0.4) is 0 Å². The number of imidazole rings is 1. The molecule has 2 unspecified atom stereocenters. The Bertz CT molecular complexity index is 620. The molecule has 1 aromatic heterocycles. The SMILES string of the molecule is O=C(O)C1CCCn2cc(C3CCCS3(=O)=O)nc21. The largest absolute Gasteiger partial charge is 0.481 e. The van der Waals surface area contributed by atoms with Crippen molar-refractivity contribution in [2.24, 2.45) is 0 Å². The van der Waals surface area contributed by atoms with Gasteiger partial charge in [0.1, 0.15) is 17.0 Å². The van der Waals surface area contributed by atoms with E-state index in [1.54, 1.807) is 6.20 Å². The molecular formula is C12H16N2O4S. The minimum atomic E-state index is -3.10. The van der Waals surface area contributed by atoms with Gasteiger partial charge < -0.3 is 9.67 Å². The molecule has 2 aliphatic heterocycles. The van der Waals surface area contributed by atoms with Crippen LogP contribution in [-0.2, 0) is 21.2 Å². The van der Waals surface area contributed by atoms with Crippen molar-refractivity contribution in [1.29, 1.82) is 0 Å². The van der Waals surface area contributed by atoms with Gasteiger partial charge in [0, 0.05) is 12.7 Å². The van der Waals surface area contributed by atoms with Crippen LogP contribution in [-0.4, -0.2) is 34.8 Å². The Balaban J connectivity index is 2.00. The first-order chi connectivity index (χ1) is 8.99. The Kier molecular flexibility index (Phi) is 2.88. The fraction of sp³-hybridized carbons (Fsp3) is 0.667. The van der Waals surface area contributed by atoms with Gasteiger partial charge in [-0.15, -0.1) is 0 Å². The zero-order valence-electron chi connectivity index (χ0n) is 10.4. The van der Waals surface area contributed by atoms with Gasteiger partial charge in [-0.1, -0.05) is 0 Å². The van der Waals surface area contributed by atoms with Crippen molar-refractivity contribution in [2.75, 3.05) is 5.75 Å². The quantitative estimate of drug-likeness (QED) is 0.878. The maximum atomic E-state index is 11.9. The van der Waals surface area contributed by atoms with Gasteiger partial charge in [-0.2, -0.15) is 0 Å². The molecule has 6 nitrogen and oxygen atoms in total. The Morgan fingerprint density at radius 1 is 1.37 bits per heavy atom. The van der Waals surface area contributed by atoms with Gasteiger partial charge >= 0.3 is 5.97 Å². The molecule has 0 saturated carbocycles. The predicted octanol–water partition coefficient (Wildman–Crippen LogP) is 1.09. The lowest BCUT2D eigenvalue weighted by molar-refractivity contribution is -0.139. The maximum Gasteiger partial charge on any atom is 0.314 e. The molecule has 0 bridgehead atoms. The van der Waals surface area contributed by atoms with E-state index in [1.165, 1.54) is 0 Å². The number of hydrogen-bond acceptors (Lipinski definition) is 4. The second-order valence-corrected chi connectivity index (χ2v) is 7.55. The van der Waals surface area contributed by atoms with Gasteiger partial charge in [-0.3, -0.25) is 4.79 Å². The second-order valence-electron chi connectivity index (χ2n) is 5.25. The second kappa shape index (κ2) is 4.33. The van der Waals surface area contributed by atoms with Crippen molar-refractivity contribution in [2.45, 2.75) is 43.4 Å². The normalized spacial score (nSPS) is 29.1. The molecule has 7 heteroatoms. The lowest BCUT2D eigenvalue weighted by Crippen LogP contribution is -2.22. The van der Waals surface area contributed by atoms with Crippen molar-refractivity contribution in [3.63, 3.8) is 0 Å². The van der Waals surface area contributed by atoms with E-state index in [-0.39, 0.29) is 5.75 Å². The topological polar surface area (TPSA) is 89.3 Å². The van der Waals surface area contributed by atoms with Crippen LogP contribution < -0.4 is 0 Å². The van der Waals surface area contributed by atoms with Crippen LogP contribution in [0.2, 0.25) is 0 Å². The number of hydrogen-bond donors (Lipinski definition) is 1. The number of carboxylic acid groups (broad SMARTS) is 1. The summed E-state index contributed by atoms with van der Waals surface area (Å²) in [5, 5.41) is 8.65. The minimum Gasteiger partial charge on any atom is -0.481 e. The fourth-order valence-electron chi connectivity index (χ4n) is 3.02. The molecular weight excluding hydrogens is 268 g/mol. The Morgan fingerprint density at radius 2 is 2.16 bits per heavy atom. The van der Waals surface area contributed by atoms with E-state index in [2.05, 4.69) is 4.98 Å². The van der Waals surface area contributed by atoms with Crippen molar-refractivity contribution >= 4 is 15.8 Å². The molecule has 104 valence electrons. The van der Waals surface area contributed by atoms with Crippen LogP contribution in [0.4, 0.5) is 0 Å². The van der Waals surface area contributed by atoms with E-state index in [0.29, 0.717) is 30.8 Å². The summed E-state index contributed by atoms with van der Waals surface area (Å²) in [4.78, 5) is 15.5. The first-order valence-electron chi connectivity index (χ1n) is 6.50. The highest BCUT2D eigenvalue weighted by Crippen LogP contribution is 2.36. The molecule has 19 heavy (non-hydrogen) atoms. The highest BCUT2D eigenvalue weighted by molar-refractivity contribution is 7.91. The van der Waals surface area contributed by atoms with Crippen LogP contribution in [0, 0.1) is 0 Å². The van der Waals surface area contributed by atoms with Gasteiger partial charge in [-0.25, -0.2) is 13.4 Å². The Labute approximate surface area is 111 Å². The number of aliphatic carboxylic acids is 1. The van der Waals surface area contributed by atoms with E-state index < -0.39 is 27.0 Å². The molecule has 3 heterocycles. The maximum absolute atomic E-state index is 11.9. The summed E-state index contributed by atoms with van der Waals surface area (Å²) in [7, 11) is -3.10. The van der Waals surface area contributed by atoms with Gasteiger partial charge in [-0.05, 0) is 25.7 Å². The summed E-state index contributed by atoms with van der Waals surface area (Å²) >= 11 is 0. The summed E-state index contributed by atoms with van der Waals surface area (Å²) in [5.74, 6) is -0.766. The van der Waals surface area contributed by atoms with Gasteiger partial charge in [0.05, 0.1) is 11.4 Å². The average molecular weight is 284 g/mol. The Morgan fingerprint density at radius 3 is 2.79 bits per heavy atom. The van der Waals surface area contributed by atoms with Gasteiger partial charge in [0.2, 0.25) is 0 Å². The zero-order chi connectivity index (χ0) is 13.6. The third-order valence-corrected chi connectivity index (χ3v) is 6.19. The van der Waals surface area contributed by atoms with E-state index in [9.17, 15) is 18.3 Å². The van der Waals surface area contributed by atoms with Crippen molar-refractivity contribution in [3.05, 3.63) is 17.7 Å². The zero-order valence-corrected chi connectivity index (χ0v) is 11.3. The number of rotatable bonds is 2. The summed E-state index contributed by atoms with van der Waals surface area (Å²) in [5.41, 5.74) is 0.528. The predicted molar refractivity (Wildman–Crippen MR) is 67.6 cm³/mol. The number of fused-ring (bicyclic) bond motifs is 1. The number of carboxylic acids is 1. The molecule has 0 aromatic carbocycles. The number of aromatic nitrogens is 2. The Hall–Kier alpha value is -1.37. The van der Waals surface area contributed by atoms with Crippen molar-refractivity contribution in [1.82, 2.24) is 9.55 Å². The van der Waals surface area contributed by atoms with Crippen molar-refractivity contribution in [3.8, 4) is 0 Å². The van der Waals surface area contributed by atoms with E-state index in [4.69, 9.17) is 0 Å². The minimum absolute atomic E-state index is 0.211. The van der Waals surface area contributed by atoms with Crippen LogP contribution in [0.5, 0.6) is 0 Å². The smallest absolute Gasteiger partial charge is 0.314 e. The number of aryl methyl sites for hydroxylation is 1. The summed E-state index contributed by atoms with van der Waals surface area (Å²) in [6.07, 6.45) is 4.35. The van der Waals surface area contributed by atoms with E-state index in [0.717, 1.165) is 13.0 Å². The fourth-order valence-corrected chi connectivity index (χ4v) is 4.88.